The summed E-state index contributed by atoms with van der Waals surface area (Å²) in [5.41, 5.74) is -0.735. The zero-order chi connectivity index (χ0) is 11.8. The maximum atomic E-state index is 12.1. The Hall–Kier alpha value is -0.710. The quantitative estimate of drug-likeness (QED) is 0.766. The number of piperazine rings is 1. The van der Waals surface area contributed by atoms with Crippen LogP contribution in [0.4, 0.5) is 0 Å². The molecule has 0 bridgehead atoms. The molecule has 0 aromatic rings. The number of thioether (sulfide) groups is 1. The van der Waals surface area contributed by atoms with E-state index in [0.717, 1.165) is 18.7 Å². The highest BCUT2D eigenvalue weighted by atomic mass is 32.2. The van der Waals surface area contributed by atoms with E-state index in [1.165, 1.54) is 5.75 Å². The highest BCUT2D eigenvalue weighted by Crippen LogP contribution is 2.25. The van der Waals surface area contributed by atoms with Crippen molar-refractivity contribution in [3.05, 3.63) is 0 Å². The van der Waals surface area contributed by atoms with Gasteiger partial charge < -0.3 is 10.2 Å². The lowest BCUT2D eigenvalue weighted by Gasteiger charge is -2.38. The van der Waals surface area contributed by atoms with E-state index in [1.807, 2.05) is 11.8 Å². The van der Waals surface area contributed by atoms with Gasteiger partial charge in [-0.05, 0) is 37.7 Å². The predicted octanol–water partition coefficient (Wildman–Crippen LogP) is 0.476. The molecule has 2 saturated heterocycles. The van der Waals surface area contributed by atoms with Gasteiger partial charge in [0.15, 0.2) is 0 Å². The molecule has 1 N–H and O–H groups in total. The van der Waals surface area contributed by atoms with Crippen LogP contribution in [0.1, 0.15) is 20.3 Å². The first kappa shape index (κ1) is 11.8. The van der Waals surface area contributed by atoms with Crippen molar-refractivity contribution in [1.29, 1.82) is 0 Å². The minimum Gasteiger partial charge on any atom is -0.341 e. The van der Waals surface area contributed by atoms with Crippen LogP contribution in [-0.2, 0) is 9.59 Å². The van der Waals surface area contributed by atoms with E-state index in [9.17, 15) is 9.59 Å². The van der Waals surface area contributed by atoms with E-state index in [1.54, 1.807) is 18.7 Å². The number of carbonyl (C=O) groups is 2. The van der Waals surface area contributed by atoms with Gasteiger partial charge in [-0.15, -0.1) is 0 Å². The number of amides is 2. The van der Waals surface area contributed by atoms with Gasteiger partial charge in [0.1, 0.15) is 5.54 Å². The normalized spacial score (nSPS) is 29.4. The van der Waals surface area contributed by atoms with Crippen LogP contribution >= 0.6 is 11.8 Å². The molecule has 0 aromatic carbocycles. The van der Waals surface area contributed by atoms with Gasteiger partial charge in [0, 0.05) is 6.54 Å². The molecule has 5 heteroatoms. The van der Waals surface area contributed by atoms with E-state index < -0.39 is 5.54 Å². The fourth-order valence-corrected chi connectivity index (χ4v) is 3.54. The Morgan fingerprint density at radius 3 is 2.88 bits per heavy atom. The first-order valence-electron chi connectivity index (χ1n) is 5.67. The summed E-state index contributed by atoms with van der Waals surface area (Å²) in [6, 6.07) is 0. The van der Waals surface area contributed by atoms with Crippen molar-refractivity contribution < 1.29 is 9.59 Å². The average molecular weight is 242 g/mol. The Bertz CT molecular complexity index is 311. The molecule has 2 fully saturated rings. The molecule has 2 amide bonds. The molecular weight excluding hydrogens is 224 g/mol. The molecule has 2 rings (SSSR count). The number of rotatable bonds is 2. The van der Waals surface area contributed by atoms with E-state index in [-0.39, 0.29) is 18.4 Å². The summed E-state index contributed by atoms with van der Waals surface area (Å²) in [4.78, 5) is 25.3. The highest BCUT2D eigenvalue weighted by Gasteiger charge is 2.39. The zero-order valence-corrected chi connectivity index (χ0v) is 10.6. The molecule has 0 saturated carbocycles. The lowest BCUT2D eigenvalue weighted by atomic mass is 9.99. The summed E-state index contributed by atoms with van der Waals surface area (Å²) in [7, 11) is 0. The highest BCUT2D eigenvalue weighted by molar-refractivity contribution is 7.99. The van der Waals surface area contributed by atoms with Gasteiger partial charge in [0.05, 0.1) is 6.54 Å². The summed E-state index contributed by atoms with van der Waals surface area (Å²) >= 11 is 1.93. The Morgan fingerprint density at radius 1 is 1.50 bits per heavy atom. The van der Waals surface area contributed by atoms with Crippen LogP contribution in [0, 0.1) is 5.92 Å². The van der Waals surface area contributed by atoms with Crippen molar-refractivity contribution in [2.75, 3.05) is 24.6 Å². The third-order valence-electron chi connectivity index (χ3n) is 3.11. The first-order chi connectivity index (χ1) is 7.49. The van der Waals surface area contributed by atoms with Gasteiger partial charge in [0.2, 0.25) is 11.8 Å². The van der Waals surface area contributed by atoms with E-state index in [0.29, 0.717) is 5.92 Å². The second kappa shape index (κ2) is 4.28. The molecule has 2 aliphatic rings. The standard InChI is InChI=1S/C11H18N2O2S/c1-11(2)10(15)13(6-9(14)12-11)5-8-3-4-16-7-8/h8H,3-7H2,1-2H3,(H,12,14). The number of hydrogen-bond donors (Lipinski definition) is 1. The summed E-state index contributed by atoms with van der Waals surface area (Å²) < 4.78 is 0. The van der Waals surface area contributed by atoms with Crippen LogP contribution in [-0.4, -0.2) is 46.8 Å². The SMILES string of the molecule is CC1(C)NC(=O)CN(CC2CCSC2)C1=O. The van der Waals surface area contributed by atoms with Crippen molar-refractivity contribution >= 4 is 23.6 Å². The van der Waals surface area contributed by atoms with Crippen molar-refractivity contribution in [2.24, 2.45) is 5.92 Å². The van der Waals surface area contributed by atoms with Crippen LogP contribution in [0.15, 0.2) is 0 Å². The second-order valence-electron chi connectivity index (χ2n) is 5.09. The first-order valence-corrected chi connectivity index (χ1v) is 6.82. The average Bonchev–Trinajstić information content (AvgIpc) is 2.65. The van der Waals surface area contributed by atoms with Crippen molar-refractivity contribution in [3.8, 4) is 0 Å². The van der Waals surface area contributed by atoms with E-state index in [4.69, 9.17) is 0 Å². The molecule has 1 atom stereocenters. The zero-order valence-electron chi connectivity index (χ0n) is 9.78. The molecule has 2 heterocycles. The summed E-state index contributed by atoms with van der Waals surface area (Å²) in [5, 5.41) is 2.72. The lowest BCUT2D eigenvalue weighted by molar-refractivity contribution is -0.148. The number of carbonyl (C=O) groups excluding carboxylic acids is 2. The topological polar surface area (TPSA) is 49.4 Å². The van der Waals surface area contributed by atoms with Gasteiger partial charge in [-0.3, -0.25) is 9.59 Å². The minimum atomic E-state index is -0.735. The van der Waals surface area contributed by atoms with Crippen molar-refractivity contribution in [3.63, 3.8) is 0 Å². The largest absolute Gasteiger partial charge is 0.341 e. The van der Waals surface area contributed by atoms with Crippen molar-refractivity contribution in [2.45, 2.75) is 25.8 Å². The number of nitrogens with one attached hydrogen (secondary N) is 1. The van der Waals surface area contributed by atoms with Crippen LogP contribution in [0.2, 0.25) is 0 Å². The molecule has 0 aromatic heterocycles. The van der Waals surface area contributed by atoms with Gasteiger partial charge in [-0.2, -0.15) is 11.8 Å². The van der Waals surface area contributed by atoms with Crippen molar-refractivity contribution in [1.82, 2.24) is 10.2 Å². The molecular formula is C11H18N2O2S. The van der Waals surface area contributed by atoms with Crippen LogP contribution < -0.4 is 5.32 Å². The van der Waals surface area contributed by atoms with Gasteiger partial charge in [0.25, 0.3) is 0 Å². The van der Waals surface area contributed by atoms with Gasteiger partial charge in [-0.1, -0.05) is 0 Å². The Balaban J connectivity index is 2.02. The monoisotopic (exact) mass is 242 g/mol. The summed E-state index contributed by atoms with van der Waals surface area (Å²) in [6.45, 7) is 4.50. The van der Waals surface area contributed by atoms with Gasteiger partial charge in [-0.25, -0.2) is 0 Å². The fourth-order valence-electron chi connectivity index (χ4n) is 2.27. The molecule has 1 unspecified atom stereocenters. The Kier molecular flexibility index (Phi) is 3.15. The molecule has 16 heavy (non-hydrogen) atoms. The third kappa shape index (κ3) is 2.34. The molecule has 0 spiro atoms. The summed E-state index contributed by atoms with van der Waals surface area (Å²) in [5.74, 6) is 2.86. The molecule has 0 aliphatic carbocycles. The van der Waals surface area contributed by atoms with Gasteiger partial charge >= 0.3 is 0 Å². The van der Waals surface area contributed by atoms with E-state index >= 15 is 0 Å². The number of hydrogen-bond acceptors (Lipinski definition) is 3. The van der Waals surface area contributed by atoms with E-state index in [2.05, 4.69) is 5.32 Å². The maximum Gasteiger partial charge on any atom is 0.248 e. The second-order valence-corrected chi connectivity index (χ2v) is 6.24. The minimum absolute atomic E-state index is 0.0454. The maximum absolute atomic E-state index is 12.1. The molecule has 2 aliphatic heterocycles. The molecule has 4 nitrogen and oxygen atoms in total. The Morgan fingerprint density at radius 2 is 2.25 bits per heavy atom. The predicted molar refractivity (Wildman–Crippen MR) is 64.2 cm³/mol. The van der Waals surface area contributed by atoms with Crippen LogP contribution in [0.25, 0.3) is 0 Å². The number of nitrogens with zero attached hydrogens (tertiary/aromatic N) is 1. The lowest BCUT2D eigenvalue weighted by Crippen LogP contribution is -2.64. The van der Waals surface area contributed by atoms with Crippen LogP contribution in [0.5, 0.6) is 0 Å². The fraction of sp³-hybridized carbons (Fsp3) is 0.818. The molecule has 0 radical (unpaired) electrons. The Labute approximate surface area is 100 Å². The summed E-state index contributed by atoms with van der Waals surface area (Å²) in [6.07, 6.45) is 1.16. The third-order valence-corrected chi connectivity index (χ3v) is 4.34. The van der Waals surface area contributed by atoms with Crippen LogP contribution in [0.3, 0.4) is 0 Å². The smallest absolute Gasteiger partial charge is 0.248 e. The molecule has 90 valence electrons.